The van der Waals surface area contributed by atoms with Crippen LogP contribution < -0.4 is 5.73 Å². The Hall–Kier alpha value is -1.00. The molecule has 14 heavy (non-hydrogen) atoms. The van der Waals surface area contributed by atoms with Gasteiger partial charge in [-0.15, -0.1) is 0 Å². The first-order valence-corrected chi connectivity index (χ1v) is 5.21. The zero-order valence-electron chi connectivity index (χ0n) is 7.57. The predicted molar refractivity (Wildman–Crippen MR) is 60.0 cm³/mol. The second-order valence-corrected chi connectivity index (χ2v) is 3.86. The third kappa shape index (κ3) is 1.76. The predicted octanol–water partition coefficient (Wildman–Crippen LogP) is 1.89. The average Bonchev–Trinajstić information content (AvgIpc) is 2.20. The standard InChI is InChI=1S/C10H10BrN3/c11-8-3-1-2-7-6-13-9(4-5-12)14-10(7)8/h1-3,6H,4-5,12H2. The van der Waals surface area contributed by atoms with Crippen LogP contribution in [-0.4, -0.2) is 16.5 Å². The van der Waals surface area contributed by atoms with Crippen molar-refractivity contribution in [2.24, 2.45) is 5.73 Å². The largest absolute Gasteiger partial charge is 0.330 e. The fourth-order valence-electron chi connectivity index (χ4n) is 1.31. The molecule has 0 unspecified atom stereocenters. The van der Waals surface area contributed by atoms with E-state index in [1.54, 1.807) is 0 Å². The van der Waals surface area contributed by atoms with Gasteiger partial charge in [0.1, 0.15) is 5.82 Å². The fourth-order valence-corrected chi connectivity index (χ4v) is 1.78. The molecule has 0 fully saturated rings. The van der Waals surface area contributed by atoms with Gasteiger partial charge in [0.05, 0.1) is 5.52 Å². The van der Waals surface area contributed by atoms with Crippen molar-refractivity contribution in [3.05, 3.63) is 34.7 Å². The van der Waals surface area contributed by atoms with Gasteiger partial charge in [-0.05, 0) is 28.5 Å². The fraction of sp³-hybridized carbons (Fsp3) is 0.200. The van der Waals surface area contributed by atoms with E-state index < -0.39 is 0 Å². The molecule has 0 aliphatic rings. The molecule has 0 atom stereocenters. The van der Waals surface area contributed by atoms with Gasteiger partial charge >= 0.3 is 0 Å². The van der Waals surface area contributed by atoms with Crippen molar-refractivity contribution < 1.29 is 0 Å². The Morgan fingerprint density at radius 1 is 1.36 bits per heavy atom. The number of nitrogens with two attached hydrogens (primary N) is 1. The Balaban J connectivity index is 2.58. The number of para-hydroxylation sites is 1. The van der Waals surface area contributed by atoms with Crippen LogP contribution in [0.25, 0.3) is 10.9 Å². The first-order valence-electron chi connectivity index (χ1n) is 4.41. The van der Waals surface area contributed by atoms with Crippen LogP contribution in [0, 0.1) is 0 Å². The molecule has 72 valence electrons. The first-order chi connectivity index (χ1) is 6.81. The number of hydrogen-bond acceptors (Lipinski definition) is 3. The summed E-state index contributed by atoms with van der Waals surface area (Å²) in [5.41, 5.74) is 6.40. The molecule has 4 heteroatoms. The number of rotatable bonds is 2. The first kappa shape index (κ1) is 9.55. The molecule has 0 radical (unpaired) electrons. The molecule has 2 aromatic rings. The maximum Gasteiger partial charge on any atom is 0.130 e. The Kier molecular flexibility index (Phi) is 2.74. The van der Waals surface area contributed by atoms with Gasteiger partial charge in [-0.25, -0.2) is 9.97 Å². The van der Waals surface area contributed by atoms with E-state index in [0.29, 0.717) is 6.54 Å². The Morgan fingerprint density at radius 2 is 2.21 bits per heavy atom. The highest BCUT2D eigenvalue weighted by molar-refractivity contribution is 9.10. The van der Waals surface area contributed by atoms with Crippen molar-refractivity contribution in [2.75, 3.05) is 6.54 Å². The molecule has 2 rings (SSSR count). The summed E-state index contributed by atoms with van der Waals surface area (Å²) in [7, 11) is 0. The molecule has 2 N–H and O–H groups in total. The van der Waals surface area contributed by atoms with Crippen molar-refractivity contribution >= 4 is 26.8 Å². The summed E-state index contributed by atoms with van der Waals surface area (Å²) >= 11 is 3.46. The molecular formula is C10H10BrN3. The molecule has 3 nitrogen and oxygen atoms in total. The number of nitrogens with zero attached hydrogens (tertiary/aromatic N) is 2. The quantitative estimate of drug-likeness (QED) is 0.887. The van der Waals surface area contributed by atoms with E-state index in [1.807, 2.05) is 24.4 Å². The number of aromatic nitrogens is 2. The molecule has 0 saturated heterocycles. The number of hydrogen-bond donors (Lipinski definition) is 1. The maximum absolute atomic E-state index is 5.45. The number of halogens is 1. The summed E-state index contributed by atoms with van der Waals surface area (Å²) in [6, 6.07) is 5.94. The molecule has 0 aliphatic heterocycles. The summed E-state index contributed by atoms with van der Waals surface area (Å²) in [5, 5.41) is 1.04. The van der Waals surface area contributed by atoms with Crippen LogP contribution in [0.5, 0.6) is 0 Å². The van der Waals surface area contributed by atoms with Crippen LogP contribution in [0.2, 0.25) is 0 Å². The highest BCUT2D eigenvalue weighted by atomic mass is 79.9. The summed E-state index contributed by atoms with van der Waals surface area (Å²) in [6.07, 6.45) is 2.55. The topological polar surface area (TPSA) is 51.8 Å². The monoisotopic (exact) mass is 251 g/mol. The molecule has 0 amide bonds. The molecular weight excluding hydrogens is 242 g/mol. The zero-order chi connectivity index (χ0) is 9.97. The third-order valence-electron chi connectivity index (χ3n) is 1.98. The van der Waals surface area contributed by atoms with Crippen molar-refractivity contribution in [1.82, 2.24) is 9.97 Å². The second kappa shape index (κ2) is 4.02. The van der Waals surface area contributed by atoms with Gasteiger partial charge in [-0.2, -0.15) is 0 Å². The molecule has 1 aromatic carbocycles. The van der Waals surface area contributed by atoms with Crippen molar-refractivity contribution in [2.45, 2.75) is 6.42 Å². The van der Waals surface area contributed by atoms with E-state index >= 15 is 0 Å². The molecule has 0 saturated carbocycles. The lowest BCUT2D eigenvalue weighted by Gasteiger charge is -2.01. The van der Waals surface area contributed by atoms with Gasteiger partial charge < -0.3 is 5.73 Å². The van der Waals surface area contributed by atoms with Gasteiger partial charge in [-0.3, -0.25) is 0 Å². The summed E-state index contributed by atoms with van der Waals surface area (Å²) in [6.45, 7) is 0.579. The Bertz CT molecular complexity index is 456. The third-order valence-corrected chi connectivity index (χ3v) is 2.62. The number of benzene rings is 1. The van der Waals surface area contributed by atoms with Crippen LogP contribution in [0.1, 0.15) is 5.82 Å². The highest BCUT2D eigenvalue weighted by Gasteiger charge is 2.01. The normalized spacial score (nSPS) is 10.7. The van der Waals surface area contributed by atoms with Crippen molar-refractivity contribution in [1.29, 1.82) is 0 Å². The molecule has 1 aromatic heterocycles. The lowest BCUT2D eigenvalue weighted by atomic mass is 10.2. The van der Waals surface area contributed by atoms with Crippen LogP contribution in [0.15, 0.2) is 28.9 Å². The van der Waals surface area contributed by atoms with E-state index in [2.05, 4.69) is 25.9 Å². The van der Waals surface area contributed by atoms with E-state index in [9.17, 15) is 0 Å². The summed E-state index contributed by atoms with van der Waals surface area (Å²) in [4.78, 5) is 8.65. The minimum atomic E-state index is 0.579. The molecule has 0 spiro atoms. The smallest absolute Gasteiger partial charge is 0.130 e. The van der Waals surface area contributed by atoms with Crippen molar-refractivity contribution in [3.8, 4) is 0 Å². The zero-order valence-corrected chi connectivity index (χ0v) is 9.16. The molecule has 0 aliphatic carbocycles. The minimum Gasteiger partial charge on any atom is -0.330 e. The van der Waals surface area contributed by atoms with E-state index in [4.69, 9.17) is 5.73 Å². The van der Waals surface area contributed by atoms with Crippen LogP contribution in [-0.2, 0) is 6.42 Å². The average molecular weight is 252 g/mol. The van der Waals surface area contributed by atoms with Gasteiger partial charge in [-0.1, -0.05) is 12.1 Å². The van der Waals surface area contributed by atoms with E-state index in [0.717, 1.165) is 27.6 Å². The Labute approximate surface area is 90.5 Å². The Morgan fingerprint density at radius 3 is 3.00 bits per heavy atom. The van der Waals surface area contributed by atoms with Gasteiger partial charge in [0.15, 0.2) is 0 Å². The SMILES string of the molecule is NCCc1ncc2cccc(Br)c2n1. The van der Waals surface area contributed by atoms with E-state index in [1.165, 1.54) is 0 Å². The van der Waals surface area contributed by atoms with Gasteiger partial charge in [0.2, 0.25) is 0 Å². The highest BCUT2D eigenvalue weighted by Crippen LogP contribution is 2.20. The number of fused-ring (bicyclic) bond motifs is 1. The van der Waals surface area contributed by atoms with Gasteiger partial charge in [0.25, 0.3) is 0 Å². The summed E-state index contributed by atoms with van der Waals surface area (Å²) < 4.78 is 0.996. The lowest BCUT2D eigenvalue weighted by molar-refractivity contribution is 0.879. The molecule has 0 bridgehead atoms. The molecule has 1 heterocycles. The second-order valence-electron chi connectivity index (χ2n) is 3.00. The van der Waals surface area contributed by atoms with E-state index in [-0.39, 0.29) is 0 Å². The van der Waals surface area contributed by atoms with Gasteiger partial charge in [0, 0.05) is 22.5 Å². The maximum atomic E-state index is 5.45. The minimum absolute atomic E-state index is 0.579. The van der Waals surface area contributed by atoms with Crippen molar-refractivity contribution in [3.63, 3.8) is 0 Å². The summed E-state index contributed by atoms with van der Waals surface area (Å²) in [5.74, 6) is 0.798. The van der Waals surface area contributed by atoms with Crippen LogP contribution >= 0.6 is 15.9 Å². The lowest BCUT2D eigenvalue weighted by Crippen LogP contribution is -2.06. The van der Waals surface area contributed by atoms with Crippen LogP contribution in [0.3, 0.4) is 0 Å². The van der Waals surface area contributed by atoms with Crippen LogP contribution in [0.4, 0.5) is 0 Å².